The van der Waals surface area contributed by atoms with E-state index in [4.69, 9.17) is 16.2 Å². The predicted molar refractivity (Wildman–Crippen MR) is 155 cm³/mol. The second kappa shape index (κ2) is 15.6. The van der Waals surface area contributed by atoms with Crippen molar-refractivity contribution in [2.45, 2.75) is 58.4 Å². The van der Waals surface area contributed by atoms with Gasteiger partial charge in [0, 0.05) is 62.1 Å². The Labute approximate surface area is 241 Å². The second-order valence-corrected chi connectivity index (χ2v) is 11.2. The number of hydrogen-bond acceptors (Lipinski definition) is 7. The van der Waals surface area contributed by atoms with Gasteiger partial charge in [-0.3, -0.25) is 24.2 Å². The molecule has 1 aromatic carbocycles. The van der Waals surface area contributed by atoms with Crippen LogP contribution in [-0.4, -0.2) is 86.2 Å². The fourth-order valence-corrected chi connectivity index (χ4v) is 5.59. The zero-order valence-corrected chi connectivity index (χ0v) is 24.2. The van der Waals surface area contributed by atoms with Crippen molar-refractivity contribution >= 4 is 34.9 Å². The number of alkyl halides is 1. The molecule has 1 aromatic rings. The number of benzene rings is 1. The van der Waals surface area contributed by atoms with E-state index in [1.165, 1.54) is 0 Å². The highest BCUT2D eigenvalue weighted by Crippen LogP contribution is 2.29. The second-order valence-electron chi connectivity index (χ2n) is 11.2. The summed E-state index contributed by atoms with van der Waals surface area (Å²) in [5.41, 5.74) is 12.2. The van der Waals surface area contributed by atoms with Gasteiger partial charge in [-0.15, -0.1) is 0 Å². The third-order valence-corrected chi connectivity index (χ3v) is 8.04. The third kappa shape index (κ3) is 9.08. The van der Waals surface area contributed by atoms with E-state index in [1.807, 2.05) is 26.0 Å². The van der Waals surface area contributed by atoms with Crippen LogP contribution in [0.5, 0.6) is 0 Å². The maximum absolute atomic E-state index is 13.7. The van der Waals surface area contributed by atoms with E-state index in [1.54, 1.807) is 17.0 Å². The topological polar surface area (TPSA) is 148 Å². The number of halogens is 1. The Morgan fingerprint density at radius 1 is 1.05 bits per heavy atom. The molecule has 41 heavy (non-hydrogen) atoms. The van der Waals surface area contributed by atoms with Crippen LogP contribution in [0.3, 0.4) is 0 Å². The number of morpholine rings is 1. The molecule has 2 aliphatic rings. The summed E-state index contributed by atoms with van der Waals surface area (Å²) in [5, 5.41) is 0. The quantitative estimate of drug-likeness (QED) is 0.141. The van der Waals surface area contributed by atoms with Gasteiger partial charge in [0.2, 0.25) is 5.91 Å². The first-order valence-electron chi connectivity index (χ1n) is 14.6. The number of hydrogen-bond donors (Lipinski definition) is 2. The van der Waals surface area contributed by atoms with Crippen LogP contribution < -0.4 is 16.4 Å². The summed E-state index contributed by atoms with van der Waals surface area (Å²) in [4.78, 5) is 60.1. The zero-order chi connectivity index (χ0) is 29.9. The van der Waals surface area contributed by atoms with E-state index in [0.717, 1.165) is 18.8 Å². The fourth-order valence-electron chi connectivity index (χ4n) is 5.59. The van der Waals surface area contributed by atoms with Crippen LogP contribution in [-0.2, 0) is 19.1 Å². The van der Waals surface area contributed by atoms with Crippen molar-refractivity contribution in [3.63, 3.8) is 0 Å². The molecule has 0 bridgehead atoms. The number of carbonyl (C=O) groups excluding carboxylic acids is 4. The minimum absolute atomic E-state index is 0.0402. The lowest BCUT2D eigenvalue weighted by molar-refractivity contribution is -0.142. The average Bonchev–Trinajstić information content (AvgIpc) is 3.47. The molecule has 2 aliphatic heterocycles. The molecule has 3 rings (SSSR count). The van der Waals surface area contributed by atoms with E-state index in [0.29, 0.717) is 44.6 Å². The summed E-state index contributed by atoms with van der Waals surface area (Å²) >= 11 is 0. The van der Waals surface area contributed by atoms with E-state index < -0.39 is 30.3 Å². The Morgan fingerprint density at radius 2 is 1.73 bits per heavy atom. The summed E-state index contributed by atoms with van der Waals surface area (Å²) in [6, 6.07) is 6.76. The molecule has 2 saturated heterocycles. The normalized spacial score (nSPS) is 18.7. The molecular formula is C30H44FN5O5. The molecule has 11 heteroatoms. The van der Waals surface area contributed by atoms with Gasteiger partial charge in [-0.05, 0) is 55.9 Å². The van der Waals surface area contributed by atoms with Gasteiger partial charge in [0.1, 0.15) is 6.67 Å². The molecule has 0 unspecified atom stereocenters. The summed E-state index contributed by atoms with van der Waals surface area (Å²) in [6.45, 7) is 6.28. The van der Waals surface area contributed by atoms with E-state index in [9.17, 15) is 23.6 Å². The van der Waals surface area contributed by atoms with Crippen molar-refractivity contribution in [2.75, 3.05) is 51.0 Å². The lowest BCUT2D eigenvalue weighted by Crippen LogP contribution is -2.45. The largest absolute Gasteiger partial charge is 0.378 e. The molecular weight excluding hydrogens is 529 g/mol. The third-order valence-electron chi connectivity index (χ3n) is 8.04. The van der Waals surface area contributed by atoms with Crippen molar-refractivity contribution in [3.8, 4) is 0 Å². The highest BCUT2D eigenvalue weighted by atomic mass is 19.1. The van der Waals surface area contributed by atoms with Gasteiger partial charge >= 0.3 is 0 Å². The average molecular weight is 574 g/mol. The highest BCUT2D eigenvalue weighted by Gasteiger charge is 2.39. The number of carbonyl (C=O) groups is 4. The molecule has 1 amide bonds. The first-order valence-corrected chi connectivity index (χ1v) is 14.6. The number of ether oxygens (including phenoxy) is 1. The first-order chi connectivity index (χ1) is 19.6. The number of guanidine groups is 1. The van der Waals surface area contributed by atoms with Gasteiger partial charge in [-0.2, -0.15) is 0 Å². The van der Waals surface area contributed by atoms with Gasteiger partial charge in [0.25, 0.3) is 0 Å². The Morgan fingerprint density at radius 3 is 2.34 bits per heavy atom. The maximum Gasteiger partial charge on any atom is 0.227 e. The van der Waals surface area contributed by atoms with Crippen LogP contribution in [0.4, 0.5) is 10.1 Å². The Bertz CT molecular complexity index is 1080. The molecule has 0 aromatic heterocycles. The number of amides is 1. The standard InChI is InChI=1S/C30H44FN5O5/c1-20(2)24(18-26(37)21-7-9-23(10-8-21)35-13-15-41-16-14-35)29(40)36-12-4-6-25(36)27(38)17-22(28(39)19-31)5-3-11-34-30(32)33/h7-10,20,22,24-25H,3-6,11-19H2,1-2H3,(H4,32,33,34)/t22-,24+,25+/m1/s1. The number of nitrogens with two attached hydrogens (primary N) is 2. The molecule has 0 aliphatic carbocycles. The van der Waals surface area contributed by atoms with Crippen LogP contribution in [0.25, 0.3) is 0 Å². The highest BCUT2D eigenvalue weighted by molar-refractivity contribution is 6.00. The molecule has 0 spiro atoms. The molecule has 10 nitrogen and oxygen atoms in total. The SMILES string of the molecule is CC(C)[C@H](CC(=O)c1ccc(N2CCOCC2)cc1)C(=O)N1CCC[C@H]1C(=O)C[C@@H](CCCN=C(N)N)C(=O)CF. The summed E-state index contributed by atoms with van der Waals surface area (Å²) < 4.78 is 18.7. The molecule has 2 heterocycles. The van der Waals surface area contributed by atoms with Crippen LogP contribution in [0.2, 0.25) is 0 Å². The van der Waals surface area contributed by atoms with E-state index in [2.05, 4.69) is 9.89 Å². The smallest absolute Gasteiger partial charge is 0.227 e. The van der Waals surface area contributed by atoms with Crippen molar-refractivity contribution in [1.82, 2.24) is 4.90 Å². The number of anilines is 1. The monoisotopic (exact) mass is 573 g/mol. The van der Waals surface area contributed by atoms with Crippen LogP contribution >= 0.6 is 0 Å². The van der Waals surface area contributed by atoms with E-state index in [-0.39, 0.29) is 55.2 Å². The number of Topliss-reactive ketones (excluding diaryl/α,β-unsaturated/α-hetero) is 3. The lowest BCUT2D eigenvalue weighted by Gasteiger charge is -2.30. The Kier molecular flexibility index (Phi) is 12.2. The number of nitrogens with zero attached hydrogens (tertiary/aromatic N) is 3. The van der Waals surface area contributed by atoms with Crippen molar-refractivity contribution in [2.24, 2.45) is 34.2 Å². The van der Waals surface area contributed by atoms with Gasteiger partial charge in [0.05, 0.1) is 19.3 Å². The predicted octanol–water partition coefficient (Wildman–Crippen LogP) is 2.53. The first kappa shape index (κ1) is 32.2. The minimum atomic E-state index is -1.15. The number of rotatable bonds is 15. The molecule has 3 atom stereocenters. The van der Waals surface area contributed by atoms with Gasteiger partial charge in [-0.1, -0.05) is 13.8 Å². The van der Waals surface area contributed by atoms with Crippen LogP contribution in [0.15, 0.2) is 29.3 Å². The van der Waals surface area contributed by atoms with Crippen molar-refractivity contribution in [3.05, 3.63) is 29.8 Å². The summed E-state index contributed by atoms with van der Waals surface area (Å²) in [6.07, 6.45) is 1.74. The molecule has 0 radical (unpaired) electrons. The molecule has 4 N–H and O–H groups in total. The Balaban J connectivity index is 1.64. The van der Waals surface area contributed by atoms with Gasteiger partial charge in [-0.25, -0.2) is 4.39 Å². The summed E-state index contributed by atoms with van der Waals surface area (Å²) in [5.74, 6) is -2.80. The molecule has 2 fully saturated rings. The maximum atomic E-state index is 13.7. The molecule has 0 saturated carbocycles. The number of likely N-dealkylation sites (tertiary alicyclic amines) is 1. The van der Waals surface area contributed by atoms with Crippen LogP contribution in [0, 0.1) is 17.8 Å². The fraction of sp³-hybridized carbons (Fsp3) is 0.633. The lowest BCUT2D eigenvalue weighted by atomic mass is 9.86. The van der Waals surface area contributed by atoms with Crippen molar-refractivity contribution < 1.29 is 28.3 Å². The summed E-state index contributed by atoms with van der Waals surface area (Å²) in [7, 11) is 0. The van der Waals surface area contributed by atoms with Crippen LogP contribution in [0.1, 0.15) is 62.7 Å². The number of aliphatic imine (C=N–C) groups is 1. The Hall–Kier alpha value is -3.34. The number of ketones is 3. The zero-order valence-electron chi connectivity index (χ0n) is 24.2. The van der Waals surface area contributed by atoms with Gasteiger partial charge in [0.15, 0.2) is 23.3 Å². The van der Waals surface area contributed by atoms with Gasteiger partial charge < -0.3 is 26.0 Å². The molecule has 226 valence electrons. The van der Waals surface area contributed by atoms with Crippen molar-refractivity contribution in [1.29, 1.82) is 0 Å². The van der Waals surface area contributed by atoms with E-state index >= 15 is 0 Å². The minimum Gasteiger partial charge on any atom is -0.378 e.